The molecule has 1 N–H and O–H groups in total. The highest BCUT2D eigenvalue weighted by Crippen LogP contribution is 2.34. The first kappa shape index (κ1) is 14.6. The zero-order valence-corrected chi connectivity index (χ0v) is 13.0. The molecule has 5 heteroatoms. The molecule has 3 nitrogen and oxygen atoms in total. The highest BCUT2D eigenvalue weighted by Gasteiger charge is 2.11. The van der Waals surface area contributed by atoms with Gasteiger partial charge >= 0.3 is 5.97 Å². The summed E-state index contributed by atoms with van der Waals surface area (Å²) in [6, 6.07) is 12.9. The van der Waals surface area contributed by atoms with Crippen molar-refractivity contribution in [1.82, 2.24) is 0 Å². The number of aryl methyl sites for hydroxylation is 1. The summed E-state index contributed by atoms with van der Waals surface area (Å²) in [6.07, 6.45) is 0. The Hall–Kier alpha value is -1.77. The molecule has 0 aliphatic heterocycles. The lowest BCUT2D eigenvalue weighted by molar-refractivity contribution is 0.0696. The zero-order valence-electron chi connectivity index (χ0n) is 10.6. The van der Waals surface area contributed by atoms with Crippen molar-refractivity contribution >= 4 is 33.7 Å². The van der Waals surface area contributed by atoms with Gasteiger partial charge in [0.2, 0.25) is 0 Å². The van der Waals surface area contributed by atoms with Gasteiger partial charge in [0.1, 0.15) is 6.07 Å². The summed E-state index contributed by atoms with van der Waals surface area (Å²) >= 11 is 4.72. The number of nitriles is 1. The van der Waals surface area contributed by atoms with Gasteiger partial charge in [0, 0.05) is 14.3 Å². The van der Waals surface area contributed by atoms with E-state index in [4.69, 9.17) is 5.11 Å². The molecule has 2 rings (SSSR count). The molecule has 0 unspecified atom stereocenters. The number of rotatable bonds is 3. The summed E-state index contributed by atoms with van der Waals surface area (Å²) in [5.41, 5.74) is 1.55. The fraction of sp³-hybridized carbons (Fsp3) is 0.0667. The number of hydrogen-bond donors (Lipinski definition) is 1. The minimum atomic E-state index is -0.945. The van der Waals surface area contributed by atoms with Crippen LogP contribution in [-0.4, -0.2) is 11.1 Å². The summed E-state index contributed by atoms with van der Waals surface area (Å²) in [4.78, 5) is 12.7. The van der Waals surface area contributed by atoms with Crippen LogP contribution in [-0.2, 0) is 0 Å². The third-order valence-electron chi connectivity index (χ3n) is 2.75. The van der Waals surface area contributed by atoms with Gasteiger partial charge in [0.25, 0.3) is 0 Å². The van der Waals surface area contributed by atoms with E-state index >= 15 is 0 Å². The molecule has 20 heavy (non-hydrogen) atoms. The lowest BCUT2D eigenvalue weighted by atomic mass is 10.1. The molecule has 0 aromatic heterocycles. The maximum Gasteiger partial charge on any atom is 0.335 e. The molecule has 2 aromatic rings. The van der Waals surface area contributed by atoms with Crippen molar-refractivity contribution in [2.24, 2.45) is 0 Å². The van der Waals surface area contributed by atoms with Gasteiger partial charge in [-0.05, 0) is 52.7 Å². The minimum absolute atomic E-state index is 0.281. The second-order valence-corrected chi connectivity index (χ2v) is 6.08. The summed E-state index contributed by atoms with van der Waals surface area (Å²) in [7, 11) is 0. The van der Waals surface area contributed by atoms with E-state index in [1.807, 2.05) is 18.2 Å². The van der Waals surface area contributed by atoms with Crippen molar-refractivity contribution in [3.63, 3.8) is 0 Å². The molecule has 0 saturated carbocycles. The van der Waals surface area contributed by atoms with Crippen molar-refractivity contribution in [2.75, 3.05) is 0 Å². The maximum atomic E-state index is 11.1. The van der Waals surface area contributed by atoms with Crippen molar-refractivity contribution < 1.29 is 9.90 Å². The Bertz CT molecular complexity index is 722. The molecule has 2 aromatic carbocycles. The van der Waals surface area contributed by atoms with Crippen molar-refractivity contribution in [1.29, 1.82) is 5.26 Å². The largest absolute Gasteiger partial charge is 0.478 e. The first-order chi connectivity index (χ1) is 9.52. The number of nitrogens with zero attached hydrogens (tertiary/aromatic N) is 1. The quantitative estimate of drug-likeness (QED) is 0.889. The summed E-state index contributed by atoms with van der Waals surface area (Å²) < 4.78 is 0.732. The van der Waals surface area contributed by atoms with Crippen molar-refractivity contribution in [2.45, 2.75) is 16.7 Å². The third-order valence-corrected chi connectivity index (χ3v) is 4.47. The van der Waals surface area contributed by atoms with Crippen LogP contribution in [0.1, 0.15) is 21.5 Å². The van der Waals surface area contributed by atoms with E-state index in [0.717, 1.165) is 19.8 Å². The first-order valence-electron chi connectivity index (χ1n) is 5.73. The van der Waals surface area contributed by atoms with Crippen LogP contribution in [0.4, 0.5) is 0 Å². The number of aromatic carboxylic acids is 1. The normalized spacial score (nSPS) is 10.1. The average Bonchev–Trinajstić information content (AvgIpc) is 2.41. The predicted octanol–water partition coefficient (Wildman–Crippen LogP) is 4.48. The van der Waals surface area contributed by atoms with E-state index in [-0.39, 0.29) is 5.56 Å². The molecule has 100 valence electrons. The lowest BCUT2D eigenvalue weighted by Gasteiger charge is -2.07. The zero-order chi connectivity index (χ0) is 14.7. The molecule has 0 aliphatic rings. The summed E-state index contributed by atoms with van der Waals surface area (Å²) in [6.45, 7) is 1.76. The Morgan fingerprint density at radius 1 is 1.35 bits per heavy atom. The van der Waals surface area contributed by atoms with Crippen molar-refractivity contribution in [3.05, 3.63) is 57.6 Å². The Kier molecular flexibility index (Phi) is 4.48. The molecule has 0 bridgehead atoms. The molecule has 0 atom stereocenters. The fourth-order valence-electron chi connectivity index (χ4n) is 1.72. The molecule has 0 fully saturated rings. The van der Waals surface area contributed by atoms with Crippen LogP contribution in [0.15, 0.2) is 50.7 Å². The SMILES string of the molecule is Cc1ccc(Sc2cccc(Br)c2C#N)cc1C(=O)O. The second kappa shape index (κ2) is 6.12. The number of carbonyl (C=O) groups is 1. The molecular weight excluding hydrogens is 338 g/mol. The molecule has 0 amide bonds. The monoisotopic (exact) mass is 347 g/mol. The number of halogens is 1. The van der Waals surface area contributed by atoms with Crippen LogP contribution in [0.5, 0.6) is 0 Å². The van der Waals surface area contributed by atoms with E-state index in [0.29, 0.717) is 5.56 Å². The Morgan fingerprint density at radius 3 is 2.75 bits per heavy atom. The maximum absolute atomic E-state index is 11.1. The Morgan fingerprint density at radius 2 is 2.10 bits per heavy atom. The molecule has 0 spiro atoms. The van der Waals surface area contributed by atoms with Gasteiger partial charge in [-0.2, -0.15) is 5.26 Å². The van der Waals surface area contributed by atoms with Gasteiger partial charge in [-0.15, -0.1) is 0 Å². The van der Waals surface area contributed by atoms with Gasteiger partial charge in [0.05, 0.1) is 11.1 Å². The molecule has 0 saturated heterocycles. The van der Waals surface area contributed by atoms with Gasteiger partial charge in [-0.3, -0.25) is 0 Å². The van der Waals surface area contributed by atoms with Gasteiger partial charge in [-0.25, -0.2) is 4.79 Å². The number of hydrogen-bond acceptors (Lipinski definition) is 3. The minimum Gasteiger partial charge on any atom is -0.478 e. The summed E-state index contributed by atoms with van der Waals surface area (Å²) in [5.74, 6) is -0.945. The van der Waals surface area contributed by atoms with Crippen molar-refractivity contribution in [3.8, 4) is 6.07 Å². The Labute approximate surface area is 129 Å². The average molecular weight is 348 g/mol. The highest BCUT2D eigenvalue weighted by atomic mass is 79.9. The van der Waals surface area contributed by atoms with Crippen LogP contribution in [0.3, 0.4) is 0 Å². The van der Waals surface area contributed by atoms with Gasteiger partial charge in [-0.1, -0.05) is 23.9 Å². The number of carboxylic acid groups (broad SMARTS) is 1. The van der Waals surface area contributed by atoms with Crippen LogP contribution in [0.2, 0.25) is 0 Å². The molecule has 0 aliphatic carbocycles. The Balaban J connectivity index is 2.41. The summed E-state index contributed by atoms with van der Waals surface area (Å²) in [5, 5.41) is 18.3. The lowest BCUT2D eigenvalue weighted by Crippen LogP contribution is -1.99. The molecular formula is C15H10BrNO2S. The number of carboxylic acids is 1. The smallest absolute Gasteiger partial charge is 0.335 e. The van der Waals surface area contributed by atoms with Crippen LogP contribution >= 0.6 is 27.7 Å². The molecule has 0 radical (unpaired) electrons. The highest BCUT2D eigenvalue weighted by molar-refractivity contribution is 9.10. The molecule has 0 heterocycles. The van der Waals surface area contributed by atoms with E-state index < -0.39 is 5.97 Å². The first-order valence-corrected chi connectivity index (χ1v) is 7.34. The number of benzene rings is 2. The standard InChI is InChI=1S/C15H10BrNO2S/c1-9-5-6-10(7-11(9)15(18)19)20-14-4-2-3-13(16)12(14)8-17/h2-7H,1H3,(H,18,19). The van der Waals surface area contributed by atoms with Crippen LogP contribution < -0.4 is 0 Å². The second-order valence-electron chi connectivity index (χ2n) is 4.11. The third kappa shape index (κ3) is 3.03. The van der Waals surface area contributed by atoms with Gasteiger partial charge in [0.15, 0.2) is 0 Å². The van der Waals surface area contributed by atoms with E-state index in [1.165, 1.54) is 11.8 Å². The van der Waals surface area contributed by atoms with Crippen LogP contribution in [0, 0.1) is 18.3 Å². The van der Waals surface area contributed by atoms with E-state index in [1.54, 1.807) is 25.1 Å². The van der Waals surface area contributed by atoms with Gasteiger partial charge < -0.3 is 5.11 Å². The van der Waals surface area contributed by atoms with E-state index in [9.17, 15) is 10.1 Å². The predicted molar refractivity (Wildman–Crippen MR) is 81.1 cm³/mol. The topological polar surface area (TPSA) is 61.1 Å². The fourth-order valence-corrected chi connectivity index (χ4v) is 3.28. The van der Waals surface area contributed by atoms with E-state index in [2.05, 4.69) is 22.0 Å². The van der Waals surface area contributed by atoms with Crippen LogP contribution in [0.25, 0.3) is 0 Å².